The average molecular weight is 713 g/mol. The van der Waals surface area contributed by atoms with E-state index in [0.29, 0.717) is 17.5 Å². The van der Waals surface area contributed by atoms with Crippen molar-refractivity contribution in [1.29, 1.82) is 0 Å². The summed E-state index contributed by atoms with van der Waals surface area (Å²) < 4.78 is 5.02. The molecule has 54 heavy (non-hydrogen) atoms. The summed E-state index contributed by atoms with van der Waals surface area (Å²) in [5.74, 6) is 1.98. The number of aryl methyl sites for hydroxylation is 1. The van der Waals surface area contributed by atoms with Crippen molar-refractivity contribution in [2.24, 2.45) is 0 Å². The zero-order chi connectivity index (χ0) is 36.0. The Bertz CT molecular complexity index is 2980. The Labute approximate surface area is 318 Å². The summed E-state index contributed by atoms with van der Waals surface area (Å²) >= 11 is 1.87. The number of thiophene rings is 1. The predicted molar refractivity (Wildman–Crippen MR) is 227 cm³/mol. The van der Waals surface area contributed by atoms with Crippen LogP contribution in [0.3, 0.4) is 0 Å². The van der Waals surface area contributed by atoms with E-state index < -0.39 is 0 Å². The number of aromatic nitrogens is 4. The second kappa shape index (κ2) is 13.5. The highest BCUT2D eigenvalue weighted by atomic mass is 32.1. The number of fused-ring (bicyclic) bond motifs is 6. The predicted octanol–water partition coefficient (Wildman–Crippen LogP) is 13.3. The molecule has 0 fully saturated rings. The van der Waals surface area contributed by atoms with Gasteiger partial charge in [0.2, 0.25) is 0 Å². The fourth-order valence-electron chi connectivity index (χ4n) is 7.73. The van der Waals surface area contributed by atoms with Crippen molar-refractivity contribution in [3.63, 3.8) is 0 Å². The maximum Gasteiger partial charge on any atom is 0.164 e. The van der Waals surface area contributed by atoms with E-state index in [0.717, 1.165) is 39.8 Å². The van der Waals surface area contributed by atoms with E-state index in [2.05, 4.69) is 157 Å². The number of hydrogen-bond acceptors (Lipinski definition) is 4. The van der Waals surface area contributed by atoms with Crippen LogP contribution in [0.1, 0.15) is 25.3 Å². The lowest BCUT2D eigenvalue weighted by Crippen LogP contribution is -2.01. The molecule has 258 valence electrons. The zero-order valence-corrected chi connectivity index (χ0v) is 30.7. The van der Waals surface area contributed by atoms with Gasteiger partial charge in [-0.05, 0) is 59.9 Å². The van der Waals surface area contributed by atoms with Gasteiger partial charge in [-0.3, -0.25) is 0 Å². The van der Waals surface area contributed by atoms with Gasteiger partial charge >= 0.3 is 0 Å². The number of rotatable bonds is 8. The van der Waals surface area contributed by atoms with Gasteiger partial charge in [0.25, 0.3) is 0 Å². The standard InChI is InChI=1S/C49H36N4S/c1-2-3-13-32-24-26-34(27-25-32)48-50-47(33-14-5-4-6-15-33)51-49(52-48)36-16-11-17-37(30-36)53-43-22-9-7-18-39(43)40-29-28-35(31-44(40)53)38-20-12-21-42-41-19-8-10-23-45(41)54-46(38)42/h4-12,14-31H,2-3,13H2,1H3. The molecule has 0 spiro atoms. The monoisotopic (exact) mass is 712 g/mol. The molecule has 10 aromatic rings. The van der Waals surface area contributed by atoms with E-state index in [-0.39, 0.29) is 0 Å². The Hall–Kier alpha value is -6.43. The lowest BCUT2D eigenvalue weighted by Gasteiger charge is -2.12. The summed E-state index contributed by atoms with van der Waals surface area (Å²) in [4.78, 5) is 15.2. The Morgan fingerprint density at radius 2 is 1.11 bits per heavy atom. The van der Waals surface area contributed by atoms with Gasteiger partial charge in [-0.25, -0.2) is 15.0 Å². The molecule has 0 bridgehead atoms. The Morgan fingerprint density at radius 1 is 0.481 bits per heavy atom. The molecule has 0 aliphatic heterocycles. The summed E-state index contributed by atoms with van der Waals surface area (Å²) in [6.07, 6.45) is 3.43. The van der Waals surface area contributed by atoms with Crippen molar-refractivity contribution in [3.8, 4) is 51.0 Å². The summed E-state index contributed by atoms with van der Waals surface area (Å²) in [6, 6.07) is 58.5. The first kappa shape index (κ1) is 32.2. The van der Waals surface area contributed by atoms with Gasteiger partial charge < -0.3 is 4.57 Å². The maximum absolute atomic E-state index is 5.11. The fourth-order valence-corrected chi connectivity index (χ4v) is 8.96. The quantitative estimate of drug-likeness (QED) is 0.158. The molecular formula is C49H36N4S. The van der Waals surface area contributed by atoms with Gasteiger partial charge in [0.15, 0.2) is 17.5 Å². The van der Waals surface area contributed by atoms with Crippen molar-refractivity contribution < 1.29 is 0 Å². The maximum atomic E-state index is 5.11. The second-order valence-electron chi connectivity index (χ2n) is 13.9. The third-order valence-corrected chi connectivity index (χ3v) is 11.7. The van der Waals surface area contributed by atoms with Gasteiger partial charge in [0, 0.05) is 53.3 Å². The lowest BCUT2D eigenvalue weighted by atomic mass is 10.0. The molecule has 3 heterocycles. The molecule has 0 radical (unpaired) electrons. The van der Waals surface area contributed by atoms with Crippen LogP contribution in [0.25, 0.3) is 93.0 Å². The topological polar surface area (TPSA) is 43.6 Å². The molecule has 0 amide bonds. The Kier molecular flexibility index (Phi) is 8.07. The van der Waals surface area contributed by atoms with E-state index in [9.17, 15) is 0 Å². The van der Waals surface area contributed by atoms with E-state index in [1.54, 1.807) is 0 Å². The van der Waals surface area contributed by atoms with Crippen molar-refractivity contribution in [1.82, 2.24) is 19.5 Å². The van der Waals surface area contributed by atoms with Crippen molar-refractivity contribution in [2.75, 3.05) is 0 Å². The van der Waals surface area contributed by atoms with Crippen LogP contribution in [-0.4, -0.2) is 19.5 Å². The molecule has 4 nitrogen and oxygen atoms in total. The number of nitrogens with zero attached hydrogens (tertiary/aromatic N) is 4. The van der Waals surface area contributed by atoms with E-state index >= 15 is 0 Å². The first-order valence-electron chi connectivity index (χ1n) is 18.7. The van der Waals surface area contributed by atoms with Crippen LogP contribution >= 0.6 is 11.3 Å². The first-order chi connectivity index (χ1) is 26.7. The normalized spacial score (nSPS) is 11.6. The SMILES string of the molecule is CCCCc1ccc(-c2nc(-c3ccccc3)nc(-c3cccc(-n4c5ccccc5c5ccc(-c6cccc7c6sc6ccccc67)cc54)c3)n2)cc1. The van der Waals surface area contributed by atoms with Crippen LogP contribution in [-0.2, 0) is 6.42 Å². The van der Waals surface area contributed by atoms with Gasteiger partial charge in [-0.1, -0.05) is 147 Å². The van der Waals surface area contributed by atoms with Crippen molar-refractivity contribution in [3.05, 3.63) is 169 Å². The molecule has 0 saturated heterocycles. The van der Waals surface area contributed by atoms with Crippen molar-refractivity contribution >= 4 is 53.3 Å². The summed E-state index contributed by atoms with van der Waals surface area (Å²) in [5.41, 5.74) is 10.0. The first-order valence-corrected chi connectivity index (χ1v) is 19.5. The van der Waals surface area contributed by atoms with Crippen LogP contribution in [0.4, 0.5) is 0 Å². The number of benzene rings is 7. The van der Waals surface area contributed by atoms with Crippen LogP contribution in [0.2, 0.25) is 0 Å². The Morgan fingerprint density at radius 3 is 1.93 bits per heavy atom. The number of para-hydroxylation sites is 1. The van der Waals surface area contributed by atoms with Crippen LogP contribution < -0.4 is 0 Å². The Balaban J connectivity index is 1.13. The van der Waals surface area contributed by atoms with Gasteiger partial charge in [-0.2, -0.15) is 0 Å². The minimum atomic E-state index is 0.647. The molecule has 7 aromatic carbocycles. The fraction of sp³-hybridized carbons (Fsp3) is 0.0816. The molecule has 0 aliphatic carbocycles. The molecule has 10 rings (SSSR count). The molecular weight excluding hydrogens is 677 g/mol. The van der Waals surface area contributed by atoms with Crippen LogP contribution in [0.15, 0.2) is 164 Å². The summed E-state index contributed by atoms with van der Waals surface area (Å²) in [7, 11) is 0. The van der Waals surface area contributed by atoms with E-state index in [1.165, 1.54) is 60.5 Å². The van der Waals surface area contributed by atoms with Crippen LogP contribution in [0.5, 0.6) is 0 Å². The number of unbranched alkanes of at least 4 members (excludes halogenated alkanes) is 1. The molecule has 0 unspecified atom stereocenters. The third-order valence-electron chi connectivity index (χ3n) is 10.5. The largest absolute Gasteiger partial charge is 0.309 e. The van der Waals surface area contributed by atoms with E-state index in [4.69, 9.17) is 15.0 Å². The van der Waals surface area contributed by atoms with Crippen LogP contribution in [0, 0.1) is 0 Å². The molecule has 0 aliphatic rings. The average Bonchev–Trinajstić information content (AvgIpc) is 3.79. The summed E-state index contributed by atoms with van der Waals surface area (Å²) in [6.45, 7) is 2.23. The minimum absolute atomic E-state index is 0.647. The highest BCUT2D eigenvalue weighted by molar-refractivity contribution is 7.26. The molecule has 0 atom stereocenters. The second-order valence-corrected chi connectivity index (χ2v) is 14.9. The van der Waals surface area contributed by atoms with Crippen molar-refractivity contribution in [2.45, 2.75) is 26.2 Å². The van der Waals surface area contributed by atoms with Gasteiger partial charge in [0.1, 0.15) is 0 Å². The smallest absolute Gasteiger partial charge is 0.164 e. The van der Waals surface area contributed by atoms with E-state index in [1.807, 2.05) is 29.5 Å². The minimum Gasteiger partial charge on any atom is -0.309 e. The molecule has 0 saturated carbocycles. The summed E-state index contributed by atoms with van der Waals surface area (Å²) in [5, 5.41) is 5.06. The highest BCUT2D eigenvalue weighted by Crippen LogP contribution is 2.42. The van der Waals surface area contributed by atoms with Gasteiger partial charge in [-0.15, -0.1) is 11.3 Å². The third kappa shape index (κ3) is 5.65. The molecule has 3 aromatic heterocycles. The number of hydrogen-bond donors (Lipinski definition) is 0. The highest BCUT2D eigenvalue weighted by Gasteiger charge is 2.18. The molecule has 5 heteroatoms. The van der Waals surface area contributed by atoms with Gasteiger partial charge in [0.05, 0.1) is 11.0 Å². The molecule has 0 N–H and O–H groups in total. The zero-order valence-electron chi connectivity index (χ0n) is 29.9. The lowest BCUT2D eigenvalue weighted by molar-refractivity contribution is 0.795.